The first-order chi connectivity index (χ1) is 30.9. The molecule has 2 aromatic heterocycles. The maximum atomic E-state index is 7.21. The van der Waals surface area contributed by atoms with Crippen molar-refractivity contribution in [2.75, 3.05) is 10.2 Å². The number of benzene rings is 10. The second-order valence-electron chi connectivity index (χ2n) is 16.9. The maximum Gasteiger partial charge on any atom is 0.147 e. The highest BCUT2D eigenvalue weighted by Crippen LogP contribution is 2.52. The van der Waals surface area contributed by atoms with Gasteiger partial charge in [-0.2, -0.15) is 0 Å². The molecule has 0 radical (unpaired) electrons. The van der Waals surface area contributed by atoms with Crippen LogP contribution in [-0.4, -0.2) is 0 Å². The van der Waals surface area contributed by atoms with Crippen LogP contribution in [0.3, 0.4) is 0 Å². The predicted molar refractivity (Wildman–Crippen MR) is 266 cm³/mol. The van der Waals surface area contributed by atoms with Crippen LogP contribution in [-0.2, 0) is 0 Å². The number of rotatable bonds is 7. The van der Waals surface area contributed by atoms with Crippen molar-refractivity contribution < 1.29 is 8.83 Å². The highest BCUT2D eigenvalue weighted by molar-refractivity contribution is 6.32. The van der Waals surface area contributed by atoms with Gasteiger partial charge in [-0.15, -0.1) is 0 Å². The monoisotopic (exact) mass is 810 g/mol. The first kappa shape index (κ1) is 36.7. The van der Waals surface area contributed by atoms with Crippen molar-refractivity contribution in [3.05, 3.63) is 211 Å². The molecular formula is C59H42N2O2. The molecule has 0 bridgehead atoms. The molecule has 0 aliphatic heterocycles. The summed E-state index contributed by atoms with van der Waals surface area (Å²) < 4.78 is 14.3. The lowest BCUT2D eigenvalue weighted by Gasteiger charge is -2.26. The summed E-state index contributed by atoms with van der Waals surface area (Å²) in [5, 5.41) is 12.2. The van der Waals surface area contributed by atoms with Gasteiger partial charge in [-0.3, -0.25) is 0 Å². The Morgan fingerprint density at radius 1 is 0.365 bits per heavy atom. The van der Waals surface area contributed by atoms with Crippen molar-refractivity contribution in [2.24, 2.45) is 0 Å². The highest BCUT2D eigenvalue weighted by atomic mass is 16.3. The Balaban J connectivity index is 1.12. The van der Waals surface area contributed by atoms with Crippen LogP contribution in [0.2, 0.25) is 0 Å². The molecule has 0 fully saturated rings. The number of fused-ring (bicyclic) bond motifs is 9. The third-order valence-corrected chi connectivity index (χ3v) is 12.5. The summed E-state index contributed by atoms with van der Waals surface area (Å²) in [6.45, 7) is 6.36. The number of aryl methyl sites for hydroxylation is 3. The molecule has 4 heteroatoms. The minimum absolute atomic E-state index is 0.814. The van der Waals surface area contributed by atoms with Crippen molar-refractivity contribution in [1.29, 1.82) is 0 Å². The Morgan fingerprint density at radius 2 is 0.841 bits per heavy atom. The Kier molecular flexibility index (Phi) is 8.48. The topological polar surface area (TPSA) is 41.6 Å². The van der Waals surface area contributed by atoms with Gasteiger partial charge in [-0.1, -0.05) is 126 Å². The van der Waals surface area contributed by atoms with Crippen LogP contribution in [0.25, 0.3) is 87.7 Å². The first-order valence-electron chi connectivity index (χ1n) is 21.6. The second-order valence-corrected chi connectivity index (χ2v) is 16.9. The second kappa shape index (κ2) is 14.5. The van der Waals surface area contributed by atoms with Crippen LogP contribution in [0.5, 0.6) is 0 Å². The van der Waals surface area contributed by atoms with E-state index < -0.39 is 0 Å². The SMILES string of the molecule is Cc1ccc(Nc2ccc3cc4c(cc3c2)oc2c(-c3ccccc3)c(-c3ccccc3)c3c5cc6ccc(N(c7ccc(C)cc7)c7ccc(C)cc7)cc6cc5oc3c24)cc1. The van der Waals surface area contributed by atoms with E-state index in [1.807, 2.05) is 0 Å². The smallest absolute Gasteiger partial charge is 0.147 e. The minimum Gasteiger partial charge on any atom is -0.455 e. The molecular weight excluding hydrogens is 769 g/mol. The quantitative estimate of drug-likeness (QED) is 0.174. The van der Waals surface area contributed by atoms with Crippen molar-refractivity contribution in [2.45, 2.75) is 20.8 Å². The summed E-state index contributed by atoms with van der Waals surface area (Å²) in [4.78, 5) is 2.33. The van der Waals surface area contributed by atoms with E-state index in [1.54, 1.807) is 0 Å². The van der Waals surface area contributed by atoms with E-state index in [4.69, 9.17) is 8.83 Å². The Bertz CT molecular complexity index is 3650. The van der Waals surface area contributed by atoms with Gasteiger partial charge in [0, 0.05) is 55.7 Å². The van der Waals surface area contributed by atoms with E-state index in [0.29, 0.717) is 0 Å². The number of hydrogen-bond donors (Lipinski definition) is 1. The van der Waals surface area contributed by atoms with Crippen molar-refractivity contribution in [1.82, 2.24) is 0 Å². The lowest BCUT2D eigenvalue weighted by molar-refractivity contribution is 0.664. The van der Waals surface area contributed by atoms with Crippen LogP contribution < -0.4 is 10.2 Å². The van der Waals surface area contributed by atoms with Gasteiger partial charge >= 0.3 is 0 Å². The average molecular weight is 811 g/mol. The number of anilines is 5. The average Bonchev–Trinajstić information content (AvgIpc) is 3.87. The van der Waals surface area contributed by atoms with E-state index in [9.17, 15) is 0 Å². The van der Waals surface area contributed by atoms with Crippen LogP contribution in [0.4, 0.5) is 28.4 Å². The van der Waals surface area contributed by atoms with Gasteiger partial charge in [0.25, 0.3) is 0 Å². The summed E-state index contributed by atoms with van der Waals surface area (Å²) in [7, 11) is 0. The van der Waals surface area contributed by atoms with Gasteiger partial charge in [-0.05, 0) is 138 Å². The summed E-state index contributed by atoms with van der Waals surface area (Å²) in [5.74, 6) is 0. The third-order valence-electron chi connectivity index (χ3n) is 12.5. The van der Waals surface area contributed by atoms with Gasteiger partial charge in [-0.25, -0.2) is 0 Å². The maximum absolute atomic E-state index is 7.21. The van der Waals surface area contributed by atoms with Gasteiger partial charge in [0.1, 0.15) is 22.3 Å². The Labute approximate surface area is 365 Å². The number of nitrogens with zero attached hydrogens (tertiary/aromatic N) is 1. The molecule has 10 aromatic carbocycles. The van der Waals surface area contributed by atoms with Gasteiger partial charge in [0.05, 0.1) is 5.39 Å². The molecule has 0 atom stereocenters. The lowest BCUT2D eigenvalue weighted by Crippen LogP contribution is -2.09. The van der Waals surface area contributed by atoms with Crippen LogP contribution in [0.1, 0.15) is 16.7 Å². The van der Waals surface area contributed by atoms with Crippen molar-refractivity contribution in [3.63, 3.8) is 0 Å². The molecule has 2 heterocycles. The standard InChI is InChI=1S/C59H42N2O2/c1-36-14-22-45(23-15-36)60-46-24-20-41-33-51-53(34-43(41)30-46)62-58-55(40-12-8-5-9-13-40)54(39-10-6-4-7-11-39)56-50-32-42-21-29-49(31-44(42)35-52(50)63-59(56)57(51)58)61(47-25-16-37(2)17-26-47)48-27-18-38(3)19-28-48/h4-35,60H,1-3H3. The van der Waals surface area contributed by atoms with Crippen molar-refractivity contribution >= 4 is 93.9 Å². The fourth-order valence-electron chi connectivity index (χ4n) is 9.36. The normalized spacial score (nSPS) is 11.7. The molecule has 1 N–H and O–H groups in total. The fourth-order valence-corrected chi connectivity index (χ4v) is 9.36. The molecule has 0 amide bonds. The molecule has 0 unspecified atom stereocenters. The lowest BCUT2D eigenvalue weighted by atomic mass is 9.88. The molecule has 0 saturated heterocycles. The van der Waals surface area contributed by atoms with E-state index in [2.05, 4.69) is 225 Å². The highest BCUT2D eigenvalue weighted by Gasteiger charge is 2.27. The number of hydrogen-bond acceptors (Lipinski definition) is 4. The summed E-state index contributed by atoms with van der Waals surface area (Å²) in [5.41, 5.74) is 16.7. The molecule has 0 aliphatic carbocycles. The van der Waals surface area contributed by atoms with Crippen LogP contribution in [0.15, 0.2) is 203 Å². The van der Waals surface area contributed by atoms with Gasteiger partial charge in [0.2, 0.25) is 0 Å². The third kappa shape index (κ3) is 6.30. The van der Waals surface area contributed by atoms with E-state index in [1.165, 1.54) is 16.7 Å². The van der Waals surface area contributed by atoms with E-state index >= 15 is 0 Å². The van der Waals surface area contributed by atoms with Gasteiger partial charge in [0.15, 0.2) is 0 Å². The Morgan fingerprint density at radius 3 is 1.44 bits per heavy atom. The molecule has 0 aliphatic rings. The molecule has 12 rings (SSSR count). The zero-order chi connectivity index (χ0) is 42.2. The molecule has 12 aromatic rings. The molecule has 63 heavy (non-hydrogen) atoms. The molecule has 0 spiro atoms. The van der Waals surface area contributed by atoms with Gasteiger partial charge < -0.3 is 19.1 Å². The number of nitrogens with one attached hydrogen (secondary N) is 1. The Hall–Kier alpha value is -8.08. The summed E-state index contributed by atoms with van der Waals surface area (Å²) in [6.07, 6.45) is 0. The molecule has 0 saturated carbocycles. The first-order valence-corrected chi connectivity index (χ1v) is 21.6. The predicted octanol–water partition coefficient (Wildman–Crippen LogP) is 17.3. The summed E-state index contributed by atoms with van der Waals surface area (Å²) in [6, 6.07) is 69.6. The zero-order valence-corrected chi connectivity index (χ0v) is 35.2. The minimum atomic E-state index is 0.814. The fraction of sp³-hybridized carbons (Fsp3) is 0.0508. The van der Waals surface area contributed by atoms with E-state index in [0.717, 1.165) is 116 Å². The van der Waals surface area contributed by atoms with E-state index in [-0.39, 0.29) is 0 Å². The number of furan rings is 2. The summed E-state index contributed by atoms with van der Waals surface area (Å²) >= 11 is 0. The van der Waals surface area contributed by atoms with Crippen LogP contribution in [0, 0.1) is 20.8 Å². The molecule has 4 nitrogen and oxygen atoms in total. The largest absolute Gasteiger partial charge is 0.455 e. The van der Waals surface area contributed by atoms with Crippen molar-refractivity contribution in [3.8, 4) is 22.3 Å². The molecule has 300 valence electrons. The zero-order valence-electron chi connectivity index (χ0n) is 35.2. The van der Waals surface area contributed by atoms with Crippen LogP contribution >= 0.6 is 0 Å².